The van der Waals surface area contributed by atoms with E-state index in [2.05, 4.69) is 22.6 Å². The lowest BCUT2D eigenvalue weighted by atomic mass is 9.87. The van der Waals surface area contributed by atoms with Crippen molar-refractivity contribution >= 4 is 12.0 Å². The SMILES string of the molecule is CN1CCCCC1CNC(=O)N[C@@H](C(=O)O)C(C)(C)C. The predicted octanol–water partition coefficient (Wildman–Crippen LogP) is 1.27. The molecule has 1 saturated heterocycles. The van der Waals surface area contributed by atoms with Crippen molar-refractivity contribution in [2.45, 2.75) is 52.1 Å². The van der Waals surface area contributed by atoms with E-state index in [4.69, 9.17) is 5.11 Å². The molecule has 0 spiro atoms. The first-order valence-corrected chi connectivity index (χ1v) is 7.19. The number of carboxylic acids is 1. The zero-order valence-electron chi connectivity index (χ0n) is 12.9. The third-order valence-electron chi connectivity index (χ3n) is 3.81. The van der Waals surface area contributed by atoms with Crippen LogP contribution in [0.2, 0.25) is 0 Å². The fraction of sp³-hybridized carbons (Fsp3) is 0.857. The average molecular weight is 285 g/mol. The first-order valence-electron chi connectivity index (χ1n) is 7.19. The number of likely N-dealkylation sites (tertiary alicyclic amines) is 1. The summed E-state index contributed by atoms with van der Waals surface area (Å²) < 4.78 is 0. The second-order valence-corrected chi connectivity index (χ2v) is 6.62. The van der Waals surface area contributed by atoms with E-state index in [0.717, 1.165) is 13.0 Å². The van der Waals surface area contributed by atoms with E-state index in [1.807, 2.05) is 0 Å². The summed E-state index contributed by atoms with van der Waals surface area (Å²) in [6.07, 6.45) is 3.45. The maximum absolute atomic E-state index is 11.8. The quantitative estimate of drug-likeness (QED) is 0.726. The fourth-order valence-electron chi connectivity index (χ4n) is 2.44. The van der Waals surface area contributed by atoms with Gasteiger partial charge in [0, 0.05) is 12.6 Å². The van der Waals surface area contributed by atoms with Gasteiger partial charge in [0.25, 0.3) is 0 Å². The van der Waals surface area contributed by atoms with Crippen LogP contribution in [0.25, 0.3) is 0 Å². The zero-order chi connectivity index (χ0) is 15.3. The van der Waals surface area contributed by atoms with Crippen molar-refractivity contribution in [2.24, 2.45) is 5.41 Å². The smallest absolute Gasteiger partial charge is 0.326 e. The Labute approximate surface area is 120 Å². The number of nitrogens with one attached hydrogen (secondary N) is 2. The number of piperidine rings is 1. The molecule has 6 heteroatoms. The summed E-state index contributed by atoms with van der Waals surface area (Å²) in [5.41, 5.74) is -0.523. The molecule has 1 heterocycles. The molecule has 20 heavy (non-hydrogen) atoms. The minimum atomic E-state index is -1.01. The van der Waals surface area contributed by atoms with Crippen molar-refractivity contribution in [3.05, 3.63) is 0 Å². The average Bonchev–Trinajstić information content (AvgIpc) is 2.33. The van der Waals surface area contributed by atoms with E-state index in [0.29, 0.717) is 12.6 Å². The molecule has 0 aromatic rings. The van der Waals surface area contributed by atoms with Gasteiger partial charge >= 0.3 is 12.0 Å². The van der Waals surface area contributed by atoms with Gasteiger partial charge in [-0.05, 0) is 31.8 Å². The zero-order valence-corrected chi connectivity index (χ0v) is 12.9. The van der Waals surface area contributed by atoms with Gasteiger partial charge in [-0.25, -0.2) is 9.59 Å². The number of carbonyl (C=O) groups excluding carboxylic acids is 1. The molecule has 1 aliphatic rings. The van der Waals surface area contributed by atoms with Crippen molar-refractivity contribution in [1.82, 2.24) is 15.5 Å². The summed E-state index contributed by atoms with van der Waals surface area (Å²) >= 11 is 0. The molecule has 0 saturated carbocycles. The third-order valence-corrected chi connectivity index (χ3v) is 3.81. The maximum atomic E-state index is 11.8. The lowest BCUT2D eigenvalue weighted by molar-refractivity contribution is -0.141. The van der Waals surface area contributed by atoms with Crippen LogP contribution in [0.4, 0.5) is 4.79 Å². The van der Waals surface area contributed by atoms with Crippen molar-refractivity contribution in [1.29, 1.82) is 0 Å². The highest BCUT2D eigenvalue weighted by molar-refractivity contribution is 5.83. The van der Waals surface area contributed by atoms with Crippen LogP contribution in [0.1, 0.15) is 40.0 Å². The molecule has 0 aromatic heterocycles. The molecule has 0 aliphatic carbocycles. The number of carbonyl (C=O) groups is 2. The minimum absolute atomic E-state index is 0.340. The van der Waals surface area contributed by atoms with Gasteiger partial charge in [-0.15, -0.1) is 0 Å². The second-order valence-electron chi connectivity index (χ2n) is 6.62. The molecule has 1 fully saturated rings. The van der Waals surface area contributed by atoms with Gasteiger partial charge < -0.3 is 20.6 Å². The molecule has 0 bridgehead atoms. The number of urea groups is 1. The Kier molecular flexibility index (Phi) is 5.80. The highest BCUT2D eigenvalue weighted by Crippen LogP contribution is 2.19. The highest BCUT2D eigenvalue weighted by atomic mass is 16.4. The van der Waals surface area contributed by atoms with Gasteiger partial charge in [-0.3, -0.25) is 0 Å². The van der Waals surface area contributed by atoms with E-state index in [1.165, 1.54) is 12.8 Å². The van der Waals surface area contributed by atoms with Crippen LogP contribution in [0.5, 0.6) is 0 Å². The number of aliphatic carboxylic acids is 1. The van der Waals surface area contributed by atoms with Crippen molar-refractivity contribution in [3.8, 4) is 0 Å². The number of rotatable bonds is 4. The Balaban J connectivity index is 2.44. The molecule has 0 radical (unpaired) electrons. The maximum Gasteiger partial charge on any atom is 0.326 e. The normalized spacial score (nSPS) is 22.1. The van der Waals surface area contributed by atoms with E-state index < -0.39 is 23.5 Å². The Morgan fingerprint density at radius 3 is 2.50 bits per heavy atom. The van der Waals surface area contributed by atoms with Crippen molar-refractivity contribution < 1.29 is 14.7 Å². The Hall–Kier alpha value is -1.30. The third kappa shape index (κ3) is 5.00. The van der Waals surface area contributed by atoms with Crippen LogP contribution in [0, 0.1) is 5.41 Å². The van der Waals surface area contributed by atoms with Crippen molar-refractivity contribution in [3.63, 3.8) is 0 Å². The Morgan fingerprint density at radius 2 is 2.00 bits per heavy atom. The lowest BCUT2D eigenvalue weighted by Gasteiger charge is -2.33. The summed E-state index contributed by atoms with van der Waals surface area (Å²) in [6.45, 7) is 6.98. The van der Waals surface area contributed by atoms with Gasteiger partial charge in [0.05, 0.1) is 0 Å². The number of hydrogen-bond acceptors (Lipinski definition) is 3. The highest BCUT2D eigenvalue weighted by Gasteiger charge is 2.32. The molecule has 2 amide bonds. The van der Waals surface area contributed by atoms with E-state index in [9.17, 15) is 9.59 Å². The van der Waals surface area contributed by atoms with Crippen LogP contribution >= 0.6 is 0 Å². The molecule has 0 aromatic carbocycles. The lowest BCUT2D eigenvalue weighted by Crippen LogP contribution is -2.54. The predicted molar refractivity (Wildman–Crippen MR) is 77.7 cm³/mol. The summed E-state index contributed by atoms with van der Waals surface area (Å²) in [7, 11) is 2.05. The monoisotopic (exact) mass is 285 g/mol. The van der Waals surface area contributed by atoms with Gasteiger partial charge in [0.15, 0.2) is 0 Å². The van der Waals surface area contributed by atoms with Crippen LogP contribution in [0.15, 0.2) is 0 Å². The van der Waals surface area contributed by atoms with Crippen LogP contribution < -0.4 is 10.6 Å². The number of amides is 2. The molecule has 116 valence electrons. The molecule has 1 unspecified atom stereocenters. The second kappa shape index (κ2) is 6.92. The largest absolute Gasteiger partial charge is 0.480 e. The molecule has 6 nitrogen and oxygen atoms in total. The minimum Gasteiger partial charge on any atom is -0.480 e. The summed E-state index contributed by atoms with van der Waals surface area (Å²) in [5.74, 6) is -1.01. The molecule has 2 atom stereocenters. The molecule has 3 N–H and O–H groups in total. The molecule has 1 rings (SSSR count). The first-order chi connectivity index (χ1) is 9.21. The van der Waals surface area contributed by atoms with Crippen LogP contribution in [-0.4, -0.2) is 54.2 Å². The number of carboxylic acid groups (broad SMARTS) is 1. The summed E-state index contributed by atoms with van der Waals surface area (Å²) in [4.78, 5) is 25.3. The van der Waals surface area contributed by atoms with Gasteiger partial charge in [0.2, 0.25) is 0 Å². The van der Waals surface area contributed by atoms with Gasteiger partial charge in [-0.1, -0.05) is 27.2 Å². The molecular weight excluding hydrogens is 258 g/mol. The van der Waals surface area contributed by atoms with E-state index >= 15 is 0 Å². The molecule has 1 aliphatic heterocycles. The number of likely N-dealkylation sites (N-methyl/N-ethyl adjacent to an activating group) is 1. The summed E-state index contributed by atoms with van der Waals surface area (Å²) in [6, 6.07) is -0.967. The van der Waals surface area contributed by atoms with E-state index in [1.54, 1.807) is 20.8 Å². The van der Waals surface area contributed by atoms with Crippen LogP contribution in [-0.2, 0) is 4.79 Å². The topological polar surface area (TPSA) is 81.7 Å². The van der Waals surface area contributed by atoms with Gasteiger partial charge in [-0.2, -0.15) is 0 Å². The molecular formula is C14H27N3O3. The van der Waals surface area contributed by atoms with Crippen LogP contribution in [0.3, 0.4) is 0 Å². The number of nitrogens with zero attached hydrogens (tertiary/aromatic N) is 1. The Morgan fingerprint density at radius 1 is 1.35 bits per heavy atom. The number of hydrogen-bond donors (Lipinski definition) is 3. The summed E-state index contributed by atoms with van der Waals surface area (Å²) in [5, 5.41) is 14.5. The van der Waals surface area contributed by atoms with E-state index in [-0.39, 0.29) is 0 Å². The standard InChI is InChI=1S/C14H27N3O3/c1-14(2,3)11(12(18)19)16-13(20)15-9-10-7-5-6-8-17(10)4/h10-11H,5-9H2,1-4H3,(H,18,19)(H2,15,16,20)/t10?,11-/m0/s1. The van der Waals surface area contributed by atoms with Crippen molar-refractivity contribution in [2.75, 3.05) is 20.1 Å². The Bertz CT molecular complexity index is 352. The fourth-order valence-corrected chi connectivity index (χ4v) is 2.44. The van der Waals surface area contributed by atoms with Gasteiger partial charge in [0.1, 0.15) is 6.04 Å². The first kappa shape index (κ1) is 16.8.